The van der Waals surface area contributed by atoms with Crippen molar-refractivity contribution in [2.75, 3.05) is 26.7 Å². The monoisotopic (exact) mass is 300 g/mol. The van der Waals surface area contributed by atoms with Crippen LogP contribution >= 0.6 is 0 Å². The van der Waals surface area contributed by atoms with E-state index in [1.807, 2.05) is 44.3 Å². The fraction of sp³-hybridized carbons (Fsp3) is 0.625. The first kappa shape index (κ1) is 16.3. The number of alkyl halides is 3. The van der Waals surface area contributed by atoms with Gasteiger partial charge in [-0.1, -0.05) is 37.3 Å². The van der Waals surface area contributed by atoms with E-state index >= 15 is 0 Å². The van der Waals surface area contributed by atoms with E-state index in [9.17, 15) is 13.2 Å². The van der Waals surface area contributed by atoms with Gasteiger partial charge in [-0.25, -0.2) is 0 Å². The topological polar surface area (TPSA) is 15.3 Å². The smallest absolute Gasteiger partial charge is 0.319 e. The number of benzene rings is 1. The van der Waals surface area contributed by atoms with Gasteiger partial charge in [0.05, 0.1) is 6.54 Å². The molecule has 1 N–H and O–H groups in total. The van der Waals surface area contributed by atoms with Gasteiger partial charge in [-0.15, -0.1) is 0 Å². The summed E-state index contributed by atoms with van der Waals surface area (Å²) in [7, 11) is 1.84. The minimum atomic E-state index is -4.14. The molecule has 0 amide bonds. The molecule has 0 radical (unpaired) electrons. The summed E-state index contributed by atoms with van der Waals surface area (Å²) in [5.41, 5.74) is 0.747. The molecule has 2 nitrogen and oxygen atoms in total. The highest BCUT2D eigenvalue weighted by atomic mass is 19.4. The van der Waals surface area contributed by atoms with Gasteiger partial charge >= 0.3 is 6.18 Å². The third kappa shape index (κ3) is 4.71. The summed E-state index contributed by atoms with van der Waals surface area (Å²) in [4.78, 5) is 1.60. The van der Waals surface area contributed by atoms with Crippen LogP contribution in [-0.4, -0.2) is 43.8 Å². The summed E-state index contributed by atoms with van der Waals surface area (Å²) in [6.45, 7) is 2.29. The van der Waals surface area contributed by atoms with E-state index in [-0.39, 0.29) is 11.5 Å². The number of rotatable bonds is 7. The highest BCUT2D eigenvalue weighted by molar-refractivity contribution is 5.26. The van der Waals surface area contributed by atoms with E-state index in [2.05, 4.69) is 5.32 Å². The van der Waals surface area contributed by atoms with Crippen molar-refractivity contribution in [3.8, 4) is 0 Å². The maximum Gasteiger partial charge on any atom is 0.401 e. The molecule has 1 fully saturated rings. The molecule has 1 atom stereocenters. The molecule has 2 rings (SSSR count). The zero-order chi connectivity index (χ0) is 15.5. The van der Waals surface area contributed by atoms with Crippen molar-refractivity contribution in [1.29, 1.82) is 0 Å². The van der Waals surface area contributed by atoms with Gasteiger partial charge in [0, 0.05) is 24.5 Å². The first-order valence-electron chi connectivity index (χ1n) is 7.35. The standard InChI is InChI=1S/C16H23F3N2/c1-15(10-20-2,13-6-4-3-5-7-13)11-21(14-8-9-14)12-16(17,18)19/h3-7,14,20H,8-12H2,1-2H3. The van der Waals surface area contributed by atoms with Crippen LogP contribution in [0, 0.1) is 0 Å². The summed E-state index contributed by atoms with van der Waals surface area (Å²) in [6.07, 6.45) is -2.39. The summed E-state index contributed by atoms with van der Waals surface area (Å²) in [5.74, 6) is 0. The number of nitrogens with one attached hydrogen (secondary N) is 1. The van der Waals surface area contributed by atoms with E-state index in [0.717, 1.165) is 18.4 Å². The highest BCUT2D eigenvalue weighted by Crippen LogP contribution is 2.34. The van der Waals surface area contributed by atoms with Crippen molar-refractivity contribution in [2.45, 2.75) is 37.4 Å². The predicted octanol–water partition coefficient (Wildman–Crippen LogP) is 3.19. The van der Waals surface area contributed by atoms with Crippen LogP contribution in [-0.2, 0) is 5.41 Å². The SMILES string of the molecule is CNCC(C)(CN(CC(F)(F)F)C1CC1)c1ccccc1. The van der Waals surface area contributed by atoms with Gasteiger partial charge in [0.25, 0.3) is 0 Å². The van der Waals surface area contributed by atoms with Crippen LogP contribution in [0.4, 0.5) is 13.2 Å². The fourth-order valence-electron chi connectivity index (χ4n) is 2.91. The molecule has 0 saturated heterocycles. The molecule has 0 heterocycles. The maximum atomic E-state index is 12.8. The van der Waals surface area contributed by atoms with Gasteiger partial charge < -0.3 is 5.32 Å². The highest BCUT2D eigenvalue weighted by Gasteiger charge is 2.41. The minimum absolute atomic E-state index is 0.0894. The van der Waals surface area contributed by atoms with Crippen LogP contribution in [0.1, 0.15) is 25.3 Å². The lowest BCUT2D eigenvalue weighted by molar-refractivity contribution is -0.148. The molecule has 0 bridgehead atoms. The summed E-state index contributed by atoms with van der Waals surface area (Å²) in [6, 6.07) is 9.89. The van der Waals surface area contributed by atoms with Gasteiger partial charge in [-0.3, -0.25) is 4.90 Å². The number of hydrogen-bond donors (Lipinski definition) is 1. The maximum absolute atomic E-state index is 12.8. The molecular formula is C16H23F3N2. The molecular weight excluding hydrogens is 277 g/mol. The molecule has 0 aliphatic heterocycles. The van der Waals surface area contributed by atoms with Crippen molar-refractivity contribution < 1.29 is 13.2 Å². The molecule has 0 aromatic heterocycles. The first-order chi connectivity index (χ1) is 9.84. The van der Waals surface area contributed by atoms with Crippen molar-refractivity contribution >= 4 is 0 Å². The van der Waals surface area contributed by atoms with Gasteiger partial charge in [0.15, 0.2) is 0 Å². The molecule has 1 aromatic carbocycles. The van der Waals surface area contributed by atoms with Crippen LogP contribution in [0.15, 0.2) is 30.3 Å². The van der Waals surface area contributed by atoms with E-state index in [0.29, 0.717) is 13.1 Å². The number of nitrogens with zero attached hydrogens (tertiary/aromatic N) is 1. The molecule has 21 heavy (non-hydrogen) atoms. The normalized spacial score (nSPS) is 18.8. The van der Waals surface area contributed by atoms with Crippen LogP contribution < -0.4 is 5.32 Å². The van der Waals surface area contributed by atoms with Crippen LogP contribution in [0.2, 0.25) is 0 Å². The number of hydrogen-bond acceptors (Lipinski definition) is 2. The Hall–Kier alpha value is -1.07. The summed E-state index contributed by atoms with van der Waals surface area (Å²) in [5, 5.41) is 3.13. The third-order valence-corrected chi connectivity index (χ3v) is 4.04. The summed E-state index contributed by atoms with van der Waals surface area (Å²) >= 11 is 0. The Kier molecular flexibility index (Phi) is 4.94. The van der Waals surface area contributed by atoms with E-state index in [4.69, 9.17) is 0 Å². The largest absolute Gasteiger partial charge is 0.401 e. The van der Waals surface area contributed by atoms with Gasteiger partial charge in [-0.05, 0) is 25.5 Å². The second-order valence-electron chi connectivity index (χ2n) is 6.21. The Labute approximate surface area is 124 Å². The van der Waals surface area contributed by atoms with Crippen LogP contribution in [0.3, 0.4) is 0 Å². The van der Waals surface area contributed by atoms with Gasteiger partial charge in [-0.2, -0.15) is 13.2 Å². The molecule has 1 aliphatic carbocycles. The minimum Gasteiger partial charge on any atom is -0.319 e. The Balaban J connectivity index is 2.17. The van der Waals surface area contributed by atoms with Crippen LogP contribution in [0.5, 0.6) is 0 Å². The molecule has 1 saturated carbocycles. The van der Waals surface area contributed by atoms with Crippen LogP contribution in [0.25, 0.3) is 0 Å². The van der Waals surface area contributed by atoms with E-state index in [1.165, 1.54) is 0 Å². The Morgan fingerprint density at radius 1 is 1.14 bits per heavy atom. The predicted molar refractivity (Wildman–Crippen MR) is 78.4 cm³/mol. The van der Waals surface area contributed by atoms with Crippen molar-refractivity contribution in [3.05, 3.63) is 35.9 Å². The van der Waals surface area contributed by atoms with Gasteiger partial charge in [0.2, 0.25) is 0 Å². The lowest BCUT2D eigenvalue weighted by Crippen LogP contribution is -2.48. The van der Waals surface area contributed by atoms with Crippen molar-refractivity contribution in [2.24, 2.45) is 0 Å². The lowest BCUT2D eigenvalue weighted by atomic mass is 9.81. The Morgan fingerprint density at radius 2 is 1.76 bits per heavy atom. The zero-order valence-electron chi connectivity index (χ0n) is 12.6. The molecule has 1 aromatic rings. The number of likely N-dealkylation sites (N-methyl/N-ethyl adjacent to an activating group) is 1. The summed E-state index contributed by atoms with van der Waals surface area (Å²) < 4.78 is 38.4. The number of halogens is 3. The van der Waals surface area contributed by atoms with Crippen molar-refractivity contribution in [1.82, 2.24) is 10.2 Å². The first-order valence-corrected chi connectivity index (χ1v) is 7.35. The molecule has 1 unspecified atom stereocenters. The second kappa shape index (κ2) is 6.36. The van der Waals surface area contributed by atoms with Gasteiger partial charge in [0.1, 0.15) is 0 Å². The van der Waals surface area contributed by atoms with E-state index < -0.39 is 12.7 Å². The molecule has 0 spiro atoms. The Bertz CT molecular complexity index is 443. The zero-order valence-corrected chi connectivity index (χ0v) is 12.6. The molecule has 5 heteroatoms. The average Bonchev–Trinajstić information content (AvgIpc) is 3.22. The average molecular weight is 300 g/mol. The second-order valence-corrected chi connectivity index (χ2v) is 6.21. The Morgan fingerprint density at radius 3 is 2.24 bits per heavy atom. The third-order valence-electron chi connectivity index (χ3n) is 4.04. The quantitative estimate of drug-likeness (QED) is 0.832. The molecule has 1 aliphatic rings. The fourth-order valence-corrected chi connectivity index (χ4v) is 2.91. The lowest BCUT2D eigenvalue weighted by Gasteiger charge is -2.36. The van der Waals surface area contributed by atoms with Crippen molar-refractivity contribution in [3.63, 3.8) is 0 Å². The molecule has 118 valence electrons. The van der Waals surface area contributed by atoms with E-state index in [1.54, 1.807) is 4.90 Å².